The van der Waals surface area contributed by atoms with Crippen molar-refractivity contribution in [2.24, 2.45) is 0 Å². The molecule has 0 unspecified atom stereocenters. The number of para-hydroxylation sites is 2. The summed E-state index contributed by atoms with van der Waals surface area (Å²) in [5.41, 5.74) is 2.91. The van der Waals surface area contributed by atoms with Gasteiger partial charge in [0, 0.05) is 48.3 Å². The Morgan fingerprint density at radius 2 is 1.27 bits per heavy atom. The van der Waals surface area contributed by atoms with E-state index in [0.717, 1.165) is 27.4 Å². The van der Waals surface area contributed by atoms with Crippen LogP contribution in [0.25, 0.3) is 21.8 Å². The molecule has 0 saturated heterocycles. The summed E-state index contributed by atoms with van der Waals surface area (Å²) < 4.78 is 0. The summed E-state index contributed by atoms with van der Waals surface area (Å²) in [6.07, 6.45) is 3.26. The van der Waals surface area contributed by atoms with Gasteiger partial charge in [-0.15, -0.1) is 0 Å². The van der Waals surface area contributed by atoms with Gasteiger partial charge in [0.25, 0.3) is 5.91 Å². The quantitative estimate of drug-likeness (QED) is 0.515. The van der Waals surface area contributed by atoms with E-state index in [2.05, 4.69) is 9.97 Å². The molecule has 0 radical (unpaired) electrons. The molecular weight excluding hydrogens is 330 g/mol. The van der Waals surface area contributed by atoms with Gasteiger partial charge >= 0.3 is 5.97 Å². The molecule has 0 atom stereocenters. The molecule has 0 bridgehead atoms. The van der Waals surface area contributed by atoms with Crippen molar-refractivity contribution in [3.8, 4) is 0 Å². The zero-order valence-corrected chi connectivity index (χ0v) is 14.5. The Kier molecular flexibility index (Phi) is 4.75. The van der Waals surface area contributed by atoms with E-state index in [1.165, 1.54) is 6.20 Å². The highest BCUT2D eigenvalue weighted by atomic mass is 16.4. The number of H-pyrrole nitrogens is 2. The molecule has 2 heterocycles. The molecule has 0 aliphatic rings. The summed E-state index contributed by atoms with van der Waals surface area (Å²) >= 11 is 0. The van der Waals surface area contributed by atoms with Crippen LogP contribution in [-0.2, 0) is 0 Å². The highest BCUT2D eigenvalue weighted by molar-refractivity contribution is 6.06. The SMILES string of the molecule is CN(C)C(=O)c1c[nH]c2ccccc12.O=C(O)c1c[nH]c2ccccc12. The van der Waals surface area contributed by atoms with Crippen LogP contribution in [0.3, 0.4) is 0 Å². The Balaban J connectivity index is 0.000000152. The van der Waals surface area contributed by atoms with Crippen LogP contribution in [0, 0.1) is 0 Å². The van der Waals surface area contributed by atoms with Crippen LogP contribution < -0.4 is 0 Å². The highest BCUT2D eigenvalue weighted by Gasteiger charge is 2.12. The number of fused-ring (bicyclic) bond motifs is 2. The number of nitrogens with one attached hydrogen (secondary N) is 2. The number of benzene rings is 2. The number of nitrogens with zero attached hydrogens (tertiary/aromatic N) is 1. The van der Waals surface area contributed by atoms with E-state index >= 15 is 0 Å². The second kappa shape index (κ2) is 7.14. The third-order valence-electron chi connectivity index (χ3n) is 4.05. The number of aromatic amines is 2. The first-order chi connectivity index (χ1) is 12.5. The van der Waals surface area contributed by atoms with Gasteiger partial charge in [-0.3, -0.25) is 4.79 Å². The fraction of sp³-hybridized carbons (Fsp3) is 0.100. The van der Waals surface area contributed by atoms with Gasteiger partial charge in [0.15, 0.2) is 0 Å². The number of carboxylic acids is 1. The number of carbonyl (C=O) groups excluding carboxylic acids is 1. The molecule has 4 aromatic rings. The lowest BCUT2D eigenvalue weighted by Gasteiger charge is -2.08. The standard InChI is InChI=1S/C11H12N2O.C9H7NO2/c1-13(2)11(14)9-7-12-10-6-4-3-5-8(9)10;11-9(12)7-5-10-8-4-2-1-3-6(7)8/h3-7,12H,1-2H3;1-5,10H,(H,11,12). The Morgan fingerprint density at radius 3 is 1.77 bits per heavy atom. The molecule has 6 heteroatoms. The number of rotatable bonds is 2. The zero-order chi connectivity index (χ0) is 18.7. The van der Waals surface area contributed by atoms with E-state index in [0.29, 0.717) is 5.56 Å². The van der Waals surface area contributed by atoms with Gasteiger partial charge in [0.2, 0.25) is 0 Å². The van der Waals surface area contributed by atoms with Crippen molar-refractivity contribution in [2.75, 3.05) is 14.1 Å². The first kappa shape index (κ1) is 17.3. The maximum atomic E-state index is 11.7. The third-order valence-corrected chi connectivity index (χ3v) is 4.05. The topological polar surface area (TPSA) is 89.2 Å². The predicted molar refractivity (Wildman–Crippen MR) is 102 cm³/mol. The second-order valence-corrected chi connectivity index (χ2v) is 6.00. The van der Waals surface area contributed by atoms with Crippen LogP contribution in [0.4, 0.5) is 0 Å². The molecule has 0 aliphatic carbocycles. The van der Waals surface area contributed by atoms with E-state index in [9.17, 15) is 9.59 Å². The van der Waals surface area contributed by atoms with Crippen molar-refractivity contribution >= 4 is 33.7 Å². The normalized spacial score (nSPS) is 10.4. The van der Waals surface area contributed by atoms with E-state index in [-0.39, 0.29) is 5.91 Å². The van der Waals surface area contributed by atoms with Crippen molar-refractivity contribution < 1.29 is 14.7 Å². The van der Waals surface area contributed by atoms with Crippen LogP contribution in [0.1, 0.15) is 20.7 Å². The molecule has 3 N–H and O–H groups in total. The summed E-state index contributed by atoms with van der Waals surface area (Å²) in [5, 5.41) is 10.5. The fourth-order valence-corrected chi connectivity index (χ4v) is 2.74. The maximum Gasteiger partial charge on any atom is 0.337 e. The minimum atomic E-state index is -0.896. The number of aromatic carboxylic acids is 1. The molecule has 6 nitrogen and oxygen atoms in total. The Morgan fingerprint density at radius 1 is 0.808 bits per heavy atom. The lowest BCUT2D eigenvalue weighted by molar-refractivity contribution is 0.0698. The Bertz CT molecular complexity index is 1080. The van der Waals surface area contributed by atoms with Gasteiger partial charge in [0.05, 0.1) is 11.1 Å². The number of aromatic nitrogens is 2. The second-order valence-electron chi connectivity index (χ2n) is 6.00. The molecule has 0 spiro atoms. The molecule has 2 aromatic carbocycles. The molecule has 0 saturated carbocycles. The average Bonchev–Trinajstić information content (AvgIpc) is 3.26. The summed E-state index contributed by atoms with van der Waals surface area (Å²) in [5.74, 6) is -0.866. The van der Waals surface area contributed by atoms with Crippen molar-refractivity contribution in [3.05, 3.63) is 72.1 Å². The summed E-state index contributed by atoms with van der Waals surface area (Å²) in [6, 6.07) is 15.1. The van der Waals surface area contributed by atoms with Crippen LogP contribution in [0.15, 0.2) is 60.9 Å². The molecule has 26 heavy (non-hydrogen) atoms. The molecule has 0 fully saturated rings. The van der Waals surface area contributed by atoms with E-state index < -0.39 is 5.97 Å². The van der Waals surface area contributed by atoms with Crippen molar-refractivity contribution in [1.29, 1.82) is 0 Å². The van der Waals surface area contributed by atoms with Crippen molar-refractivity contribution in [2.45, 2.75) is 0 Å². The number of hydrogen-bond acceptors (Lipinski definition) is 2. The smallest absolute Gasteiger partial charge is 0.337 e. The summed E-state index contributed by atoms with van der Waals surface area (Å²) in [7, 11) is 3.51. The maximum absolute atomic E-state index is 11.7. The number of hydrogen-bond donors (Lipinski definition) is 3. The summed E-state index contributed by atoms with van der Waals surface area (Å²) in [6.45, 7) is 0. The zero-order valence-electron chi connectivity index (χ0n) is 14.5. The van der Waals surface area contributed by atoms with Crippen LogP contribution >= 0.6 is 0 Å². The Labute approximate surface area is 150 Å². The van der Waals surface area contributed by atoms with Gasteiger partial charge < -0.3 is 20.0 Å². The van der Waals surface area contributed by atoms with E-state index in [4.69, 9.17) is 5.11 Å². The predicted octanol–water partition coefficient (Wildman–Crippen LogP) is 3.74. The highest BCUT2D eigenvalue weighted by Crippen LogP contribution is 2.18. The first-order valence-corrected chi connectivity index (χ1v) is 8.06. The first-order valence-electron chi connectivity index (χ1n) is 8.06. The van der Waals surface area contributed by atoms with Gasteiger partial charge in [-0.2, -0.15) is 0 Å². The van der Waals surface area contributed by atoms with Gasteiger partial charge in [-0.1, -0.05) is 36.4 Å². The minimum Gasteiger partial charge on any atom is -0.478 e. The molecule has 1 amide bonds. The lowest BCUT2D eigenvalue weighted by Crippen LogP contribution is -2.21. The molecule has 132 valence electrons. The molecule has 0 aliphatic heterocycles. The average molecular weight is 349 g/mol. The van der Waals surface area contributed by atoms with Crippen molar-refractivity contribution in [3.63, 3.8) is 0 Å². The van der Waals surface area contributed by atoms with Crippen LogP contribution in [0.2, 0.25) is 0 Å². The lowest BCUT2D eigenvalue weighted by atomic mass is 10.1. The number of amides is 1. The summed E-state index contributed by atoms with van der Waals surface area (Å²) in [4.78, 5) is 29.9. The molecule has 4 rings (SSSR count). The molecular formula is C20H19N3O3. The van der Waals surface area contributed by atoms with E-state index in [1.807, 2.05) is 42.5 Å². The third kappa shape index (κ3) is 3.30. The van der Waals surface area contributed by atoms with Gasteiger partial charge in [-0.05, 0) is 12.1 Å². The largest absolute Gasteiger partial charge is 0.478 e. The van der Waals surface area contributed by atoms with Crippen molar-refractivity contribution in [1.82, 2.24) is 14.9 Å². The van der Waals surface area contributed by atoms with Crippen LogP contribution in [0.5, 0.6) is 0 Å². The molecule has 2 aromatic heterocycles. The van der Waals surface area contributed by atoms with Gasteiger partial charge in [0.1, 0.15) is 0 Å². The number of carbonyl (C=O) groups is 2. The van der Waals surface area contributed by atoms with Crippen LogP contribution in [-0.4, -0.2) is 45.9 Å². The minimum absolute atomic E-state index is 0.0300. The Hall–Kier alpha value is -3.54. The van der Waals surface area contributed by atoms with E-state index in [1.54, 1.807) is 31.3 Å². The van der Waals surface area contributed by atoms with Gasteiger partial charge in [-0.25, -0.2) is 4.79 Å². The number of carboxylic acid groups (broad SMARTS) is 1. The monoisotopic (exact) mass is 349 g/mol. The fourth-order valence-electron chi connectivity index (χ4n) is 2.74.